The maximum Gasteiger partial charge on any atom is 0.185 e. The Hall–Kier alpha value is -2.53. The molecular weight excluding hydrogens is 502 g/mol. The van der Waals surface area contributed by atoms with Crippen molar-refractivity contribution in [2.75, 3.05) is 13.2 Å². The van der Waals surface area contributed by atoms with E-state index in [9.17, 15) is 4.79 Å². The van der Waals surface area contributed by atoms with Crippen LogP contribution in [0, 0.1) is 24.7 Å². The Bertz CT molecular complexity index is 1140. The van der Waals surface area contributed by atoms with Crippen molar-refractivity contribution in [2.45, 2.75) is 19.3 Å². The van der Waals surface area contributed by atoms with Crippen molar-refractivity contribution in [2.24, 2.45) is 0 Å². The highest BCUT2D eigenvalue weighted by Crippen LogP contribution is 2.38. The number of hydrogen-bond acceptors (Lipinski definition) is 3. The molecule has 0 aromatic heterocycles. The highest BCUT2D eigenvalue weighted by atomic mass is 35.5. The van der Waals surface area contributed by atoms with Crippen LogP contribution in [-0.4, -0.2) is 19.0 Å². The fourth-order valence-corrected chi connectivity index (χ4v) is 4.59. The maximum atomic E-state index is 13.3. The molecule has 0 unspecified atom stereocenters. The number of hydrogen-bond donors (Lipinski definition) is 0. The molecular formula is C26H18Cl4O3. The first kappa shape index (κ1) is 25.1. The molecule has 1 fully saturated rings. The molecule has 0 atom stereocenters. The van der Waals surface area contributed by atoms with Crippen molar-refractivity contribution in [3.63, 3.8) is 0 Å². The second kappa shape index (κ2) is 11.6. The molecule has 0 spiro atoms. The fraction of sp³-hybridized carbons (Fsp3) is 0.192. The van der Waals surface area contributed by atoms with Crippen LogP contribution in [0.25, 0.3) is 12.2 Å². The van der Waals surface area contributed by atoms with Gasteiger partial charge in [0.2, 0.25) is 0 Å². The Morgan fingerprint density at radius 2 is 1.21 bits per heavy atom. The van der Waals surface area contributed by atoms with Crippen LogP contribution in [0.15, 0.2) is 35.4 Å². The lowest BCUT2D eigenvalue weighted by Crippen LogP contribution is -2.12. The van der Waals surface area contributed by atoms with Crippen molar-refractivity contribution in [3.8, 4) is 36.2 Å². The molecule has 7 heteroatoms. The number of carbonyl (C=O) groups excluding carboxylic acids is 1. The largest absolute Gasteiger partial charge is 0.479 e. The second-order valence-electron chi connectivity index (χ2n) is 7.12. The highest BCUT2D eigenvalue weighted by molar-refractivity contribution is 6.36. The number of ketones is 1. The molecule has 33 heavy (non-hydrogen) atoms. The molecule has 168 valence electrons. The van der Waals surface area contributed by atoms with Crippen LogP contribution in [0.3, 0.4) is 0 Å². The molecule has 2 aromatic rings. The lowest BCUT2D eigenvalue weighted by molar-refractivity contribution is -0.112. The van der Waals surface area contributed by atoms with E-state index in [0.717, 1.165) is 6.42 Å². The highest BCUT2D eigenvalue weighted by Gasteiger charge is 2.23. The van der Waals surface area contributed by atoms with Crippen LogP contribution in [0.5, 0.6) is 11.5 Å². The van der Waals surface area contributed by atoms with E-state index in [1.807, 2.05) is 0 Å². The minimum atomic E-state index is -0.112. The Morgan fingerprint density at radius 3 is 1.61 bits per heavy atom. The Balaban J connectivity index is 2.01. The van der Waals surface area contributed by atoms with Gasteiger partial charge in [-0.1, -0.05) is 58.2 Å². The predicted octanol–water partition coefficient (Wildman–Crippen LogP) is 7.54. The van der Waals surface area contributed by atoms with Gasteiger partial charge in [0.1, 0.15) is 24.7 Å². The van der Waals surface area contributed by atoms with Gasteiger partial charge in [-0.25, -0.2) is 0 Å². The van der Waals surface area contributed by atoms with Crippen molar-refractivity contribution in [1.29, 1.82) is 0 Å². The third kappa shape index (κ3) is 6.29. The molecule has 3 nitrogen and oxygen atoms in total. The molecule has 0 aliphatic heterocycles. The zero-order valence-corrected chi connectivity index (χ0v) is 20.4. The molecule has 0 radical (unpaired) electrons. The number of benzene rings is 2. The Morgan fingerprint density at radius 1 is 0.788 bits per heavy atom. The minimum absolute atomic E-state index is 0.0343. The monoisotopic (exact) mass is 518 g/mol. The van der Waals surface area contributed by atoms with E-state index in [4.69, 9.17) is 68.7 Å². The third-order valence-corrected chi connectivity index (χ3v) is 5.81. The van der Waals surface area contributed by atoms with Gasteiger partial charge < -0.3 is 9.47 Å². The molecule has 0 N–H and O–H groups in total. The summed E-state index contributed by atoms with van der Waals surface area (Å²) < 4.78 is 11.2. The zero-order valence-electron chi connectivity index (χ0n) is 17.4. The van der Waals surface area contributed by atoms with Crippen LogP contribution >= 0.6 is 46.4 Å². The van der Waals surface area contributed by atoms with Crippen LogP contribution in [-0.2, 0) is 4.79 Å². The number of halogens is 4. The molecule has 1 saturated carbocycles. The molecule has 1 aliphatic rings. The van der Waals surface area contributed by atoms with Crippen LogP contribution in [0.4, 0.5) is 0 Å². The van der Waals surface area contributed by atoms with Crippen molar-refractivity contribution >= 4 is 64.3 Å². The van der Waals surface area contributed by atoms with Gasteiger partial charge in [-0.15, -0.1) is 12.8 Å². The SMILES string of the molecule is C#CCOc1c(Cl)cc(Cl)cc1/C=C1\CCC/C(=C\c2cc(Cl)cc(Cl)c2OCC#C)C1=O. The number of terminal acetylenes is 2. The number of Topliss-reactive ketones (excluding diaryl/α,β-unsaturated/α-hetero) is 1. The summed E-state index contributed by atoms with van der Waals surface area (Å²) in [6, 6.07) is 6.48. The summed E-state index contributed by atoms with van der Waals surface area (Å²) in [5, 5.41) is 1.46. The first-order valence-corrected chi connectivity index (χ1v) is 11.4. The molecule has 0 amide bonds. The summed E-state index contributed by atoms with van der Waals surface area (Å²) in [6.45, 7) is 0.0686. The van der Waals surface area contributed by atoms with Crippen LogP contribution in [0.2, 0.25) is 20.1 Å². The van der Waals surface area contributed by atoms with Gasteiger partial charge in [-0.05, 0) is 55.7 Å². The predicted molar refractivity (Wildman–Crippen MR) is 136 cm³/mol. The topological polar surface area (TPSA) is 35.5 Å². The van der Waals surface area contributed by atoms with Gasteiger partial charge in [-0.3, -0.25) is 4.79 Å². The lowest BCUT2D eigenvalue weighted by atomic mass is 9.86. The van der Waals surface area contributed by atoms with Gasteiger partial charge in [0, 0.05) is 32.3 Å². The summed E-state index contributed by atoms with van der Waals surface area (Å²) in [4.78, 5) is 13.3. The number of ether oxygens (including phenoxy) is 2. The Kier molecular flexibility index (Phi) is 8.79. The smallest absolute Gasteiger partial charge is 0.185 e. The molecule has 0 saturated heterocycles. The lowest BCUT2D eigenvalue weighted by Gasteiger charge is -2.18. The summed E-state index contributed by atoms with van der Waals surface area (Å²) in [5.41, 5.74) is 2.35. The summed E-state index contributed by atoms with van der Waals surface area (Å²) in [6.07, 6.45) is 16.0. The average Bonchev–Trinajstić information content (AvgIpc) is 2.75. The first-order chi connectivity index (χ1) is 15.8. The van der Waals surface area contributed by atoms with E-state index >= 15 is 0 Å². The minimum Gasteiger partial charge on any atom is -0.479 e. The molecule has 3 rings (SSSR count). The molecule has 2 aromatic carbocycles. The van der Waals surface area contributed by atoms with E-state index in [0.29, 0.717) is 66.7 Å². The van der Waals surface area contributed by atoms with E-state index in [1.54, 1.807) is 36.4 Å². The van der Waals surface area contributed by atoms with Crippen LogP contribution < -0.4 is 9.47 Å². The summed E-state index contributed by atoms with van der Waals surface area (Å²) >= 11 is 24.9. The summed E-state index contributed by atoms with van der Waals surface area (Å²) in [7, 11) is 0. The number of allylic oxidation sites excluding steroid dienone is 2. The zero-order chi connectivity index (χ0) is 24.0. The van der Waals surface area contributed by atoms with Crippen molar-refractivity contribution in [1.82, 2.24) is 0 Å². The second-order valence-corrected chi connectivity index (χ2v) is 8.81. The van der Waals surface area contributed by atoms with Gasteiger partial charge in [0.15, 0.2) is 5.78 Å². The van der Waals surface area contributed by atoms with Crippen LogP contribution in [0.1, 0.15) is 30.4 Å². The first-order valence-electron chi connectivity index (χ1n) is 9.90. The third-order valence-electron chi connectivity index (χ3n) is 4.81. The van der Waals surface area contributed by atoms with Gasteiger partial charge in [-0.2, -0.15) is 0 Å². The van der Waals surface area contributed by atoms with Gasteiger partial charge in [0.25, 0.3) is 0 Å². The van der Waals surface area contributed by atoms with Crippen molar-refractivity contribution in [3.05, 3.63) is 66.6 Å². The summed E-state index contributed by atoms with van der Waals surface area (Å²) in [5.74, 6) is 5.45. The van der Waals surface area contributed by atoms with E-state index in [2.05, 4.69) is 11.8 Å². The molecule has 0 heterocycles. The van der Waals surface area contributed by atoms with Crippen molar-refractivity contribution < 1.29 is 14.3 Å². The van der Waals surface area contributed by atoms with E-state index in [-0.39, 0.29) is 19.0 Å². The fourth-order valence-electron chi connectivity index (χ4n) is 3.46. The maximum absolute atomic E-state index is 13.3. The number of rotatable bonds is 6. The molecule has 1 aliphatic carbocycles. The average molecular weight is 520 g/mol. The normalized spacial score (nSPS) is 15.9. The molecule has 0 bridgehead atoms. The van der Waals surface area contributed by atoms with Gasteiger partial charge >= 0.3 is 0 Å². The van der Waals surface area contributed by atoms with E-state index < -0.39 is 0 Å². The quantitative estimate of drug-likeness (QED) is 0.292. The standard InChI is InChI=1S/C26H18Cl4O3/c1-3-8-32-25-18(12-20(27)14-22(25)29)10-16-6-5-7-17(24(16)31)11-19-13-21(28)15-23(30)26(19)33-9-4-2/h1-2,10-15H,5-9H2/b16-10+,17-11+. The Labute approximate surface area is 213 Å². The van der Waals surface area contributed by atoms with E-state index in [1.165, 1.54) is 0 Å². The van der Waals surface area contributed by atoms with Gasteiger partial charge in [0.05, 0.1) is 10.0 Å². The number of carbonyl (C=O) groups is 1.